The third-order valence-electron chi connectivity index (χ3n) is 5.41. The summed E-state index contributed by atoms with van der Waals surface area (Å²) in [6.07, 6.45) is -0.147. The smallest absolute Gasteiger partial charge is 0.375 e. The minimum atomic E-state index is -0.932. The highest BCUT2D eigenvalue weighted by Crippen LogP contribution is 2.33. The van der Waals surface area contributed by atoms with E-state index < -0.39 is 12.1 Å². The van der Waals surface area contributed by atoms with Gasteiger partial charge in [-0.2, -0.15) is 0 Å². The van der Waals surface area contributed by atoms with Crippen molar-refractivity contribution in [2.75, 3.05) is 12.0 Å². The molecule has 0 saturated heterocycles. The predicted molar refractivity (Wildman–Crippen MR) is 109 cm³/mol. The van der Waals surface area contributed by atoms with Crippen LogP contribution in [0, 0.1) is 6.92 Å². The predicted octanol–water partition coefficient (Wildman–Crippen LogP) is 4.27. The van der Waals surface area contributed by atoms with Crippen LogP contribution in [0.4, 0.5) is 5.69 Å². The number of esters is 1. The van der Waals surface area contributed by atoms with Gasteiger partial charge in [-0.1, -0.05) is 18.2 Å². The fourth-order valence-corrected chi connectivity index (χ4v) is 3.88. The Morgan fingerprint density at radius 1 is 1.21 bits per heavy atom. The minimum absolute atomic E-state index is 0.0152. The average molecular weight is 393 g/mol. The molecular weight excluding hydrogens is 370 g/mol. The number of anilines is 1. The molecular formula is C23H23NO5. The van der Waals surface area contributed by atoms with Crippen molar-refractivity contribution in [3.05, 3.63) is 59.4 Å². The maximum atomic E-state index is 13.0. The summed E-state index contributed by atoms with van der Waals surface area (Å²) in [7, 11) is 1.58. The molecule has 1 amide bonds. The molecule has 0 radical (unpaired) electrons. The zero-order valence-corrected chi connectivity index (χ0v) is 16.9. The second kappa shape index (κ2) is 7.28. The van der Waals surface area contributed by atoms with Gasteiger partial charge in [-0.05, 0) is 57.0 Å². The molecule has 1 aromatic heterocycles. The summed E-state index contributed by atoms with van der Waals surface area (Å²) < 4.78 is 16.4. The highest BCUT2D eigenvalue weighted by molar-refractivity contribution is 6.02. The van der Waals surface area contributed by atoms with Gasteiger partial charge in [0, 0.05) is 22.7 Å². The molecule has 0 N–H and O–H groups in total. The SMILES string of the molecule is COc1ccc2oc(C(=O)O[C@H](C)C(=O)N3c4ccccc4C[C@@H]3C)c(C)c2c1. The number of hydrogen-bond donors (Lipinski definition) is 0. The molecule has 2 aromatic carbocycles. The average Bonchev–Trinajstić information content (AvgIpc) is 3.23. The fourth-order valence-electron chi connectivity index (χ4n) is 3.88. The maximum absolute atomic E-state index is 13.0. The molecule has 0 spiro atoms. The lowest BCUT2D eigenvalue weighted by molar-refractivity contribution is -0.126. The Morgan fingerprint density at radius 3 is 2.72 bits per heavy atom. The Morgan fingerprint density at radius 2 is 1.97 bits per heavy atom. The lowest BCUT2D eigenvalue weighted by Gasteiger charge is -2.25. The van der Waals surface area contributed by atoms with Crippen LogP contribution in [0.2, 0.25) is 0 Å². The van der Waals surface area contributed by atoms with E-state index in [0.29, 0.717) is 16.9 Å². The fraction of sp³-hybridized carbons (Fsp3) is 0.304. The number of para-hydroxylation sites is 1. The van der Waals surface area contributed by atoms with E-state index in [9.17, 15) is 9.59 Å². The number of benzene rings is 2. The quantitative estimate of drug-likeness (QED) is 0.619. The van der Waals surface area contributed by atoms with Crippen molar-refractivity contribution in [3.8, 4) is 5.75 Å². The Labute approximate surface area is 169 Å². The second-order valence-corrected chi connectivity index (χ2v) is 7.36. The summed E-state index contributed by atoms with van der Waals surface area (Å²) >= 11 is 0. The number of carbonyl (C=O) groups excluding carboxylic acids is 2. The number of furan rings is 1. The van der Waals surface area contributed by atoms with E-state index in [1.165, 1.54) is 0 Å². The van der Waals surface area contributed by atoms with Crippen LogP contribution in [0.3, 0.4) is 0 Å². The van der Waals surface area contributed by atoms with E-state index in [4.69, 9.17) is 13.9 Å². The number of carbonyl (C=O) groups is 2. The number of methoxy groups -OCH3 is 1. The third kappa shape index (κ3) is 3.24. The first-order valence-electron chi connectivity index (χ1n) is 9.59. The molecule has 2 heterocycles. The molecule has 0 bridgehead atoms. The van der Waals surface area contributed by atoms with Crippen molar-refractivity contribution in [2.24, 2.45) is 0 Å². The van der Waals surface area contributed by atoms with Crippen molar-refractivity contribution >= 4 is 28.5 Å². The number of aryl methyl sites for hydroxylation is 1. The highest BCUT2D eigenvalue weighted by atomic mass is 16.6. The van der Waals surface area contributed by atoms with Gasteiger partial charge in [0.2, 0.25) is 5.76 Å². The molecule has 150 valence electrons. The van der Waals surface area contributed by atoms with Gasteiger partial charge >= 0.3 is 5.97 Å². The number of hydrogen-bond acceptors (Lipinski definition) is 5. The van der Waals surface area contributed by atoms with Gasteiger partial charge in [-0.25, -0.2) is 4.79 Å². The molecule has 2 atom stereocenters. The number of rotatable bonds is 4. The summed E-state index contributed by atoms with van der Waals surface area (Å²) in [6, 6.07) is 13.1. The van der Waals surface area contributed by atoms with Crippen LogP contribution >= 0.6 is 0 Å². The molecule has 3 aromatic rings. The molecule has 1 aliphatic heterocycles. The summed E-state index contributed by atoms with van der Waals surface area (Å²) in [5.41, 5.74) is 3.22. The van der Waals surface area contributed by atoms with Gasteiger partial charge in [-0.3, -0.25) is 4.79 Å². The molecule has 0 saturated carbocycles. The molecule has 4 rings (SSSR count). The Hall–Kier alpha value is -3.28. The Bertz CT molecular complexity index is 1100. The molecule has 0 fully saturated rings. The van der Waals surface area contributed by atoms with E-state index in [1.807, 2.05) is 37.3 Å². The molecule has 6 nitrogen and oxygen atoms in total. The number of nitrogens with zero attached hydrogens (tertiary/aromatic N) is 1. The van der Waals surface area contributed by atoms with E-state index in [-0.39, 0.29) is 17.7 Å². The minimum Gasteiger partial charge on any atom is -0.497 e. The maximum Gasteiger partial charge on any atom is 0.375 e. The summed E-state index contributed by atoms with van der Waals surface area (Å²) in [5.74, 6) is -0.126. The van der Waals surface area contributed by atoms with Crippen molar-refractivity contribution in [2.45, 2.75) is 39.3 Å². The van der Waals surface area contributed by atoms with Gasteiger partial charge in [0.05, 0.1) is 7.11 Å². The largest absolute Gasteiger partial charge is 0.497 e. The first-order chi connectivity index (χ1) is 13.9. The Balaban J connectivity index is 1.55. The molecule has 6 heteroatoms. The van der Waals surface area contributed by atoms with Crippen molar-refractivity contribution in [1.82, 2.24) is 0 Å². The second-order valence-electron chi connectivity index (χ2n) is 7.36. The van der Waals surface area contributed by atoms with Crippen LogP contribution in [0.5, 0.6) is 5.75 Å². The number of amides is 1. The Kier molecular flexibility index (Phi) is 4.78. The van der Waals surface area contributed by atoms with Crippen LogP contribution < -0.4 is 9.64 Å². The number of fused-ring (bicyclic) bond motifs is 2. The zero-order valence-electron chi connectivity index (χ0n) is 16.9. The van der Waals surface area contributed by atoms with Crippen molar-refractivity contribution < 1.29 is 23.5 Å². The lowest BCUT2D eigenvalue weighted by atomic mass is 10.1. The molecule has 29 heavy (non-hydrogen) atoms. The van der Waals surface area contributed by atoms with Crippen LogP contribution in [0.15, 0.2) is 46.9 Å². The standard InChI is InChI=1S/C23H23NO5/c1-13-11-16-7-5-6-8-19(16)24(13)22(25)15(3)28-23(26)21-14(2)18-12-17(27-4)9-10-20(18)29-21/h5-10,12-13,15H,11H2,1-4H3/t13-,15+/m0/s1. The van der Waals surface area contributed by atoms with Gasteiger partial charge in [0.25, 0.3) is 5.91 Å². The monoisotopic (exact) mass is 393 g/mol. The van der Waals surface area contributed by atoms with Gasteiger partial charge < -0.3 is 18.8 Å². The lowest BCUT2D eigenvalue weighted by Crippen LogP contribution is -2.43. The van der Waals surface area contributed by atoms with Crippen LogP contribution in [0.1, 0.15) is 35.5 Å². The molecule has 0 aliphatic carbocycles. The van der Waals surface area contributed by atoms with Crippen molar-refractivity contribution in [3.63, 3.8) is 0 Å². The molecule has 1 aliphatic rings. The molecule has 0 unspecified atom stereocenters. The zero-order chi connectivity index (χ0) is 20.7. The van der Waals surface area contributed by atoms with Crippen LogP contribution in [-0.2, 0) is 16.0 Å². The van der Waals surface area contributed by atoms with Gasteiger partial charge in [0.1, 0.15) is 11.3 Å². The summed E-state index contributed by atoms with van der Waals surface area (Å²) in [4.78, 5) is 27.5. The van der Waals surface area contributed by atoms with E-state index >= 15 is 0 Å². The van der Waals surface area contributed by atoms with Crippen molar-refractivity contribution in [1.29, 1.82) is 0 Å². The van der Waals surface area contributed by atoms with Gasteiger partial charge in [-0.15, -0.1) is 0 Å². The van der Waals surface area contributed by atoms with E-state index in [2.05, 4.69) is 0 Å². The highest BCUT2D eigenvalue weighted by Gasteiger charge is 2.35. The van der Waals surface area contributed by atoms with E-state index in [1.54, 1.807) is 38.0 Å². The normalized spacial score (nSPS) is 16.6. The summed E-state index contributed by atoms with van der Waals surface area (Å²) in [5, 5.41) is 0.775. The first-order valence-corrected chi connectivity index (χ1v) is 9.59. The number of ether oxygens (including phenoxy) is 2. The van der Waals surface area contributed by atoms with Crippen LogP contribution in [0.25, 0.3) is 11.0 Å². The van der Waals surface area contributed by atoms with E-state index in [0.717, 1.165) is 23.1 Å². The topological polar surface area (TPSA) is 69.0 Å². The third-order valence-corrected chi connectivity index (χ3v) is 5.41. The van der Waals surface area contributed by atoms with Gasteiger partial charge in [0.15, 0.2) is 6.10 Å². The first kappa shape index (κ1) is 19.1. The van der Waals surface area contributed by atoms with Crippen LogP contribution in [-0.4, -0.2) is 31.1 Å². The summed E-state index contributed by atoms with van der Waals surface area (Å²) in [6.45, 7) is 5.37.